The highest BCUT2D eigenvalue weighted by Gasteiger charge is 2.33. The van der Waals surface area contributed by atoms with Crippen molar-refractivity contribution in [3.63, 3.8) is 0 Å². The minimum atomic E-state index is -3.50. The predicted molar refractivity (Wildman–Crippen MR) is 82.5 cm³/mol. The Labute approximate surface area is 127 Å². The van der Waals surface area contributed by atoms with Gasteiger partial charge in [-0.15, -0.1) is 0 Å². The van der Waals surface area contributed by atoms with Crippen LogP contribution in [0.1, 0.15) is 44.9 Å². The fourth-order valence-electron chi connectivity index (χ4n) is 2.64. The number of sulfonamides is 1. The van der Waals surface area contributed by atoms with Crippen LogP contribution in [0.25, 0.3) is 0 Å². The van der Waals surface area contributed by atoms with Crippen molar-refractivity contribution in [3.8, 4) is 0 Å². The first-order chi connectivity index (χ1) is 9.82. The van der Waals surface area contributed by atoms with Crippen LogP contribution in [0.2, 0.25) is 0 Å². The van der Waals surface area contributed by atoms with Gasteiger partial charge in [0.05, 0.1) is 0 Å². The first-order valence-corrected chi connectivity index (χ1v) is 9.03. The van der Waals surface area contributed by atoms with Gasteiger partial charge in [-0.3, -0.25) is 5.10 Å². The topological polar surface area (TPSA) is 78.1 Å². The number of piperidine rings is 1. The Morgan fingerprint density at radius 1 is 1.48 bits per heavy atom. The molecule has 0 radical (unpaired) electrons. The summed E-state index contributed by atoms with van der Waals surface area (Å²) < 4.78 is 27.2. The normalized spacial score (nSPS) is 21.1. The van der Waals surface area contributed by atoms with Crippen LogP contribution in [0.4, 0.5) is 0 Å². The second-order valence-corrected chi connectivity index (χ2v) is 8.13. The van der Waals surface area contributed by atoms with Crippen LogP contribution >= 0.6 is 0 Å². The van der Waals surface area contributed by atoms with Crippen molar-refractivity contribution in [3.05, 3.63) is 11.3 Å². The van der Waals surface area contributed by atoms with Crippen LogP contribution in [0.5, 0.6) is 0 Å². The number of hydrogen-bond donors (Lipinski definition) is 2. The van der Waals surface area contributed by atoms with Crippen LogP contribution in [0, 0.1) is 12.8 Å². The lowest BCUT2D eigenvalue weighted by Crippen LogP contribution is -2.39. The Morgan fingerprint density at radius 2 is 2.19 bits per heavy atom. The standard InChI is InChI=1S/C14H26N4O2S/c1-10(2)15-8-13-12(4)16-17-14(13)21(19,20)18-7-5-6-11(3)9-18/h10-11,15H,5-9H2,1-4H3,(H,16,17). The Kier molecular flexibility index (Phi) is 5.06. The van der Waals surface area contributed by atoms with Crippen LogP contribution in [-0.2, 0) is 16.6 Å². The summed E-state index contributed by atoms with van der Waals surface area (Å²) in [7, 11) is -3.50. The minimum absolute atomic E-state index is 0.183. The van der Waals surface area contributed by atoms with Gasteiger partial charge in [-0.2, -0.15) is 9.40 Å². The average Bonchev–Trinajstić information content (AvgIpc) is 2.78. The number of nitrogens with one attached hydrogen (secondary N) is 2. The Morgan fingerprint density at radius 3 is 2.81 bits per heavy atom. The molecule has 2 N–H and O–H groups in total. The molecule has 2 rings (SSSR count). The number of H-pyrrole nitrogens is 1. The van der Waals surface area contributed by atoms with E-state index in [1.165, 1.54) is 0 Å². The molecule has 6 nitrogen and oxygen atoms in total. The van der Waals surface area contributed by atoms with Gasteiger partial charge in [-0.1, -0.05) is 20.8 Å². The molecule has 1 aromatic rings. The van der Waals surface area contributed by atoms with Crippen molar-refractivity contribution < 1.29 is 8.42 Å². The van der Waals surface area contributed by atoms with Crippen molar-refractivity contribution in [1.82, 2.24) is 19.8 Å². The smallest absolute Gasteiger partial charge is 0.262 e. The van der Waals surface area contributed by atoms with E-state index in [2.05, 4.69) is 22.4 Å². The molecule has 7 heteroatoms. The molecule has 0 bridgehead atoms. The van der Waals surface area contributed by atoms with Crippen molar-refractivity contribution >= 4 is 10.0 Å². The van der Waals surface area contributed by atoms with E-state index in [9.17, 15) is 8.42 Å². The molecule has 1 aliphatic heterocycles. The molecule has 1 unspecified atom stereocenters. The fraction of sp³-hybridized carbons (Fsp3) is 0.786. The van der Waals surface area contributed by atoms with Crippen LogP contribution in [-0.4, -0.2) is 42.1 Å². The molecule has 1 fully saturated rings. The third-order valence-electron chi connectivity index (χ3n) is 3.93. The van der Waals surface area contributed by atoms with E-state index in [-0.39, 0.29) is 5.03 Å². The van der Waals surface area contributed by atoms with Crippen molar-refractivity contribution in [2.75, 3.05) is 13.1 Å². The van der Waals surface area contributed by atoms with E-state index in [0.29, 0.717) is 31.6 Å². The van der Waals surface area contributed by atoms with Crippen LogP contribution in [0.15, 0.2) is 5.03 Å². The maximum atomic E-state index is 12.8. The zero-order valence-corrected chi connectivity index (χ0v) is 14.1. The molecule has 21 heavy (non-hydrogen) atoms. The summed E-state index contributed by atoms with van der Waals surface area (Å²) >= 11 is 0. The largest absolute Gasteiger partial charge is 0.310 e. The maximum absolute atomic E-state index is 12.8. The first-order valence-electron chi connectivity index (χ1n) is 7.59. The quantitative estimate of drug-likeness (QED) is 0.866. The number of aromatic amines is 1. The zero-order valence-electron chi connectivity index (χ0n) is 13.3. The highest BCUT2D eigenvalue weighted by Crippen LogP contribution is 2.25. The van der Waals surface area contributed by atoms with Gasteiger partial charge in [0.2, 0.25) is 0 Å². The Balaban J connectivity index is 2.27. The molecular formula is C14H26N4O2S. The number of nitrogens with zero attached hydrogens (tertiary/aromatic N) is 2. The van der Waals surface area contributed by atoms with Crippen molar-refractivity contribution in [2.45, 2.75) is 58.1 Å². The second-order valence-electron chi connectivity index (χ2n) is 6.28. The zero-order chi connectivity index (χ0) is 15.6. The van der Waals surface area contributed by atoms with Gasteiger partial charge in [-0.25, -0.2) is 8.42 Å². The molecule has 1 aliphatic rings. The average molecular weight is 314 g/mol. The van der Waals surface area contributed by atoms with Gasteiger partial charge in [-0.05, 0) is 25.7 Å². The SMILES string of the molecule is Cc1[nH]nc(S(=O)(=O)N2CCCC(C)C2)c1CNC(C)C. The molecule has 0 aromatic carbocycles. The highest BCUT2D eigenvalue weighted by atomic mass is 32.2. The summed E-state index contributed by atoms with van der Waals surface area (Å²) in [5, 5.41) is 10.3. The summed E-state index contributed by atoms with van der Waals surface area (Å²) in [5.74, 6) is 0.408. The Bertz CT molecular complexity index is 580. The summed E-state index contributed by atoms with van der Waals surface area (Å²) in [6, 6.07) is 0.296. The highest BCUT2D eigenvalue weighted by molar-refractivity contribution is 7.89. The first kappa shape index (κ1) is 16.5. The van der Waals surface area contributed by atoms with Gasteiger partial charge in [0.1, 0.15) is 0 Å². The number of aryl methyl sites for hydroxylation is 1. The van der Waals surface area contributed by atoms with Gasteiger partial charge in [0, 0.05) is 36.9 Å². The molecule has 0 spiro atoms. The van der Waals surface area contributed by atoms with Gasteiger partial charge in [0.25, 0.3) is 10.0 Å². The van der Waals surface area contributed by atoms with E-state index in [0.717, 1.165) is 24.1 Å². The summed E-state index contributed by atoms with van der Waals surface area (Å²) in [5.41, 5.74) is 1.56. The summed E-state index contributed by atoms with van der Waals surface area (Å²) in [6.45, 7) is 9.73. The van der Waals surface area contributed by atoms with Gasteiger partial charge in [0.15, 0.2) is 5.03 Å². The third-order valence-corrected chi connectivity index (χ3v) is 5.76. The van der Waals surface area contributed by atoms with Gasteiger partial charge >= 0.3 is 0 Å². The number of aromatic nitrogens is 2. The van der Waals surface area contributed by atoms with E-state index >= 15 is 0 Å². The molecular weight excluding hydrogens is 288 g/mol. The molecule has 0 aliphatic carbocycles. The number of hydrogen-bond acceptors (Lipinski definition) is 4. The van der Waals surface area contributed by atoms with Crippen LogP contribution < -0.4 is 5.32 Å². The van der Waals surface area contributed by atoms with Crippen molar-refractivity contribution in [2.24, 2.45) is 5.92 Å². The van der Waals surface area contributed by atoms with E-state index in [4.69, 9.17) is 0 Å². The van der Waals surface area contributed by atoms with Gasteiger partial charge < -0.3 is 5.32 Å². The molecule has 1 aromatic heterocycles. The molecule has 0 amide bonds. The molecule has 2 heterocycles. The molecule has 1 atom stereocenters. The minimum Gasteiger partial charge on any atom is -0.310 e. The lowest BCUT2D eigenvalue weighted by molar-refractivity contribution is 0.280. The lowest BCUT2D eigenvalue weighted by atomic mass is 10.0. The fourth-order valence-corrected chi connectivity index (χ4v) is 4.41. The van der Waals surface area contributed by atoms with E-state index in [1.54, 1.807) is 4.31 Å². The monoisotopic (exact) mass is 314 g/mol. The van der Waals surface area contributed by atoms with E-state index in [1.807, 2.05) is 20.8 Å². The maximum Gasteiger partial charge on any atom is 0.262 e. The van der Waals surface area contributed by atoms with Crippen molar-refractivity contribution in [1.29, 1.82) is 0 Å². The second kappa shape index (κ2) is 6.46. The number of rotatable bonds is 5. The van der Waals surface area contributed by atoms with Crippen LogP contribution in [0.3, 0.4) is 0 Å². The lowest BCUT2D eigenvalue weighted by Gasteiger charge is -2.29. The summed E-state index contributed by atoms with van der Waals surface area (Å²) in [6.07, 6.45) is 2.01. The molecule has 1 saturated heterocycles. The summed E-state index contributed by atoms with van der Waals surface area (Å²) in [4.78, 5) is 0. The molecule has 0 saturated carbocycles. The van der Waals surface area contributed by atoms with E-state index < -0.39 is 10.0 Å². The molecule has 120 valence electrons. The third kappa shape index (κ3) is 3.64. The predicted octanol–water partition coefficient (Wildman–Crippen LogP) is 1.64. The Hall–Kier alpha value is -0.920.